The van der Waals surface area contributed by atoms with Gasteiger partial charge in [0.05, 0.1) is 5.71 Å². The van der Waals surface area contributed by atoms with Gasteiger partial charge < -0.3 is 5.73 Å². The van der Waals surface area contributed by atoms with Crippen LogP contribution in [0.1, 0.15) is 20.3 Å². The Bertz CT molecular complexity index is 150. The van der Waals surface area contributed by atoms with Crippen molar-refractivity contribution in [1.82, 2.24) is 0 Å². The molecule has 0 atom stereocenters. The van der Waals surface area contributed by atoms with Crippen molar-refractivity contribution in [3.8, 4) is 0 Å². The molecule has 0 spiro atoms. The molecule has 0 aliphatic rings. The van der Waals surface area contributed by atoms with Gasteiger partial charge in [0.15, 0.2) is 0 Å². The van der Waals surface area contributed by atoms with Gasteiger partial charge in [0.2, 0.25) is 0 Å². The molecule has 0 aliphatic heterocycles. The minimum atomic E-state index is -0.406. The lowest BCUT2D eigenvalue weighted by atomic mass is 10.1. The van der Waals surface area contributed by atoms with Crippen LogP contribution in [0.2, 0.25) is 0 Å². The molecule has 0 aromatic carbocycles. The van der Waals surface area contributed by atoms with Crippen LogP contribution in [0.3, 0.4) is 0 Å². The summed E-state index contributed by atoms with van der Waals surface area (Å²) in [6.45, 7) is 4.04. The third-order valence-corrected chi connectivity index (χ3v) is 1.16. The summed E-state index contributed by atoms with van der Waals surface area (Å²) in [5.41, 5.74) is 5.51. The van der Waals surface area contributed by atoms with E-state index in [0.717, 1.165) is 0 Å². The standard InChI is InChI=1S/C7H14N2O/c1-5(2)4-6(9-3)7(8)10/h5H,4H2,1-3H3,(H2,8,10). The van der Waals surface area contributed by atoms with E-state index < -0.39 is 5.91 Å². The van der Waals surface area contributed by atoms with Gasteiger partial charge in [0, 0.05) is 7.05 Å². The number of nitrogens with two attached hydrogens (primary N) is 1. The molecule has 58 valence electrons. The summed E-state index contributed by atoms with van der Waals surface area (Å²) in [6.07, 6.45) is 0.672. The van der Waals surface area contributed by atoms with Crippen LogP contribution in [0.4, 0.5) is 0 Å². The Hall–Kier alpha value is -0.860. The number of aliphatic imine (C=N–C) groups is 1. The van der Waals surface area contributed by atoms with E-state index >= 15 is 0 Å². The lowest BCUT2D eigenvalue weighted by Crippen LogP contribution is -2.24. The maximum absolute atomic E-state index is 10.6. The summed E-state index contributed by atoms with van der Waals surface area (Å²) in [5.74, 6) is 0.0300. The molecule has 1 amide bonds. The summed E-state index contributed by atoms with van der Waals surface area (Å²) in [7, 11) is 1.59. The summed E-state index contributed by atoms with van der Waals surface area (Å²) in [6, 6.07) is 0. The number of rotatable bonds is 3. The number of nitrogens with zero attached hydrogens (tertiary/aromatic N) is 1. The Kier molecular flexibility index (Phi) is 3.69. The van der Waals surface area contributed by atoms with Gasteiger partial charge >= 0.3 is 0 Å². The zero-order chi connectivity index (χ0) is 8.15. The minimum Gasteiger partial charge on any atom is -0.365 e. The molecule has 0 rings (SSSR count). The van der Waals surface area contributed by atoms with Crippen LogP contribution in [0.15, 0.2) is 4.99 Å². The Labute approximate surface area is 61.3 Å². The normalized spacial score (nSPS) is 12.2. The molecule has 0 radical (unpaired) electrons. The highest BCUT2D eigenvalue weighted by Crippen LogP contribution is 2.00. The summed E-state index contributed by atoms with van der Waals surface area (Å²) in [4.78, 5) is 14.3. The number of amides is 1. The third-order valence-electron chi connectivity index (χ3n) is 1.16. The fourth-order valence-electron chi connectivity index (χ4n) is 0.689. The number of hydrogen-bond acceptors (Lipinski definition) is 2. The molecular weight excluding hydrogens is 128 g/mol. The van der Waals surface area contributed by atoms with Crippen LogP contribution in [-0.2, 0) is 4.79 Å². The van der Waals surface area contributed by atoms with Crippen molar-refractivity contribution in [3.63, 3.8) is 0 Å². The Morgan fingerprint density at radius 1 is 1.60 bits per heavy atom. The molecule has 0 saturated heterocycles. The van der Waals surface area contributed by atoms with E-state index in [9.17, 15) is 4.79 Å². The molecule has 0 bridgehead atoms. The van der Waals surface area contributed by atoms with Crippen molar-refractivity contribution in [2.45, 2.75) is 20.3 Å². The van der Waals surface area contributed by atoms with Crippen molar-refractivity contribution < 1.29 is 4.79 Å². The minimum absolute atomic E-state index is 0.406. The van der Waals surface area contributed by atoms with Gasteiger partial charge in [-0.15, -0.1) is 0 Å². The zero-order valence-corrected chi connectivity index (χ0v) is 6.72. The number of primary amides is 1. The van der Waals surface area contributed by atoms with Crippen molar-refractivity contribution >= 4 is 11.6 Å². The van der Waals surface area contributed by atoms with E-state index in [4.69, 9.17) is 5.73 Å². The molecular formula is C7H14N2O. The maximum atomic E-state index is 10.6. The Balaban J connectivity index is 3.99. The van der Waals surface area contributed by atoms with Crippen LogP contribution < -0.4 is 5.73 Å². The van der Waals surface area contributed by atoms with Gasteiger partial charge in [-0.05, 0) is 12.3 Å². The molecule has 3 nitrogen and oxygen atoms in total. The second-order valence-electron chi connectivity index (χ2n) is 2.63. The first kappa shape index (κ1) is 9.14. The van der Waals surface area contributed by atoms with E-state index in [1.54, 1.807) is 7.05 Å². The fourth-order valence-corrected chi connectivity index (χ4v) is 0.689. The van der Waals surface area contributed by atoms with Gasteiger partial charge in [-0.3, -0.25) is 9.79 Å². The highest BCUT2D eigenvalue weighted by molar-refractivity contribution is 6.38. The van der Waals surface area contributed by atoms with Crippen molar-refractivity contribution in [3.05, 3.63) is 0 Å². The highest BCUT2D eigenvalue weighted by atomic mass is 16.1. The lowest BCUT2D eigenvalue weighted by molar-refractivity contribution is -0.112. The van der Waals surface area contributed by atoms with Crippen LogP contribution in [0.25, 0.3) is 0 Å². The summed E-state index contributed by atoms with van der Waals surface area (Å²) in [5, 5.41) is 0. The first-order valence-electron chi connectivity index (χ1n) is 3.33. The van der Waals surface area contributed by atoms with E-state index in [1.807, 2.05) is 13.8 Å². The molecule has 0 aromatic rings. The molecule has 2 N–H and O–H groups in total. The lowest BCUT2D eigenvalue weighted by Gasteiger charge is -2.02. The monoisotopic (exact) mass is 142 g/mol. The van der Waals surface area contributed by atoms with Gasteiger partial charge in [0.25, 0.3) is 5.91 Å². The Morgan fingerprint density at radius 3 is 2.20 bits per heavy atom. The van der Waals surface area contributed by atoms with E-state index in [-0.39, 0.29) is 0 Å². The Morgan fingerprint density at radius 2 is 2.10 bits per heavy atom. The van der Waals surface area contributed by atoms with Gasteiger partial charge in [-0.25, -0.2) is 0 Å². The quantitative estimate of drug-likeness (QED) is 0.576. The molecule has 10 heavy (non-hydrogen) atoms. The molecule has 0 saturated carbocycles. The molecule has 0 fully saturated rings. The molecule has 0 heterocycles. The number of hydrogen-bond donors (Lipinski definition) is 1. The SMILES string of the molecule is CN=C(CC(C)C)C(N)=O. The predicted molar refractivity (Wildman–Crippen MR) is 42.0 cm³/mol. The zero-order valence-electron chi connectivity index (χ0n) is 6.72. The third kappa shape index (κ3) is 3.22. The summed E-state index contributed by atoms with van der Waals surface area (Å²) >= 11 is 0. The van der Waals surface area contributed by atoms with Gasteiger partial charge in [-0.2, -0.15) is 0 Å². The predicted octanol–water partition coefficient (Wildman–Crippen LogP) is 0.589. The van der Waals surface area contributed by atoms with Crippen LogP contribution in [-0.4, -0.2) is 18.7 Å². The first-order valence-corrected chi connectivity index (χ1v) is 3.33. The average molecular weight is 142 g/mol. The van der Waals surface area contributed by atoms with Crippen LogP contribution >= 0.6 is 0 Å². The first-order chi connectivity index (χ1) is 4.57. The molecule has 0 aliphatic carbocycles. The van der Waals surface area contributed by atoms with E-state index in [1.165, 1.54) is 0 Å². The highest BCUT2D eigenvalue weighted by Gasteiger charge is 2.06. The second-order valence-corrected chi connectivity index (χ2v) is 2.63. The van der Waals surface area contributed by atoms with Crippen LogP contribution in [0.5, 0.6) is 0 Å². The second kappa shape index (κ2) is 4.04. The van der Waals surface area contributed by atoms with Gasteiger partial charge in [0.1, 0.15) is 0 Å². The van der Waals surface area contributed by atoms with E-state index in [0.29, 0.717) is 18.1 Å². The van der Waals surface area contributed by atoms with Crippen molar-refractivity contribution in [2.75, 3.05) is 7.05 Å². The average Bonchev–Trinajstić information content (AvgIpc) is 1.81. The largest absolute Gasteiger partial charge is 0.365 e. The fraction of sp³-hybridized carbons (Fsp3) is 0.714. The van der Waals surface area contributed by atoms with Crippen molar-refractivity contribution in [1.29, 1.82) is 0 Å². The van der Waals surface area contributed by atoms with E-state index in [2.05, 4.69) is 4.99 Å². The molecule has 3 heteroatoms. The van der Waals surface area contributed by atoms with Crippen molar-refractivity contribution in [2.24, 2.45) is 16.6 Å². The maximum Gasteiger partial charge on any atom is 0.262 e. The topological polar surface area (TPSA) is 55.4 Å². The van der Waals surface area contributed by atoms with Gasteiger partial charge in [-0.1, -0.05) is 13.8 Å². The summed E-state index contributed by atoms with van der Waals surface area (Å²) < 4.78 is 0. The molecule has 0 unspecified atom stereocenters. The number of carbonyl (C=O) groups is 1. The number of carbonyl (C=O) groups excluding carboxylic acids is 1. The smallest absolute Gasteiger partial charge is 0.262 e. The van der Waals surface area contributed by atoms with Crippen LogP contribution in [0, 0.1) is 5.92 Å². The molecule has 0 aromatic heterocycles.